The molecule has 4 aliphatic rings. The molecule has 2 heterocycles. The molecule has 0 aromatic rings. The lowest BCUT2D eigenvalue weighted by Crippen LogP contribution is -2.41. The van der Waals surface area contributed by atoms with Crippen molar-refractivity contribution in [2.75, 3.05) is 13.1 Å². The lowest BCUT2D eigenvalue weighted by molar-refractivity contribution is -0.136. The molecule has 4 rings (SSSR count). The highest BCUT2D eigenvalue weighted by atomic mass is 16.2. The molecule has 4 fully saturated rings. The fraction of sp³-hybridized carbons (Fsp3) is 0.824. The number of piperidine rings is 2. The summed E-state index contributed by atoms with van der Waals surface area (Å²) in [6.07, 6.45) is 4.08. The molecule has 2 amide bonds. The highest BCUT2D eigenvalue weighted by molar-refractivity contribution is 6.09. The fourth-order valence-electron chi connectivity index (χ4n) is 3.78. The van der Waals surface area contributed by atoms with Gasteiger partial charge < -0.3 is 10.6 Å². The van der Waals surface area contributed by atoms with Crippen molar-refractivity contribution in [3.63, 3.8) is 0 Å². The summed E-state index contributed by atoms with van der Waals surface area (Å²) in [5, 5.41) is 5.61. The molecule has 22 heavy (non-hydrogen) atoms. The summed E-state index contributed by atoms with van der Waals surface area (Å²) < 4.78 is 0. The maximum atomic E-state index is 11.3. The predicted molar refractivity (Wildman–Crippen MR) is 86.2 cm³/mol. The second kappa shape index (κ2) is 6.01. The molecule has 0 aromatic carbocycles. The molecule has 0 bridgehead atoms. The molecule has 5 nitrogen and oxygen atoms in total. The highest BCUT2D eigenvalue weighted by Gasteiger charge is 2.64. The molecular weight excluding hydrogens is 280 g/mol. The molecule has 4 atom stereocenters. The van der Waals surface area contributed by atoms with Gasteiger partial charge in [0, 0.05) is 18.5 Å². The van der Waals surface area contributed by atoms with E-state index in [-0.39, 0.29) is 37.9 Å². The first kappa shape index (κ1) is 18.7. The van der Waals surface area contributed by atoms with Crippen molar-refractivity contribution in [1.29, 1.82) is 0 Å². The zero-order valence-electron chi connectivity index (χ0n) is 12.1. The van der Waals surface area contributed by atoms with E-state index < -0.39 is 5.41 Å². The third kappa shape index (κ3) is 2.66. The summed E-state index contributed by atoms with van der Waals surface area (Å²) >= 11 is 0. The average Bonchev–Trinajstić information content (AvgIpc) is 3.25. The SMILES string of the molecule is C.C.CC(=O)C12CC1CCNC2=O.CC12CC1CCNC2=O. The lowest BCUT2D eigenvalue weighted by Gasteiger charge is -2.18. The van der Waals surface area contributed by atoms with Crippen LogP contribution in [0.4, 0.5) is 0 Å². The molecule has 0 spiro atoms. The van der Waals surface area contributed by atoms with Crippen molar-refractivity contribution in [2.45, 2.75) is 54.4 Å². The molecule has 2 saturated carbocycles. The Kier molecular flexibility index (Phi) is 5.10. The predicted octanol–water partition coefficient (Wildman–Crippen LogP) is 1.91. The van der Waals surface area contributed by atoms with Crippen LogP contribution in [0.5, 0.6) is 0 Å². The third-order valence-corrected chi connectivity index (χ3v) is 5.63. The fourth-order valence-corrected chi connectivity index (χ4v) is 3.78. The summed E-state index contributed by atoms with van der Waals surface area (Å²) in [7, 11) is 0. The Bertz CT molecular complexity index is 490. The van der Waals surface area contributed by atoms with Crippen LogP contribution in [0.15, 0.2) is 0 Å². The van der Waals surface area contributed by atoms with E-state index >= 15 is 0 Å². The van der Waals surface area contributed by atoms with Gasteiger partial charge in [0.15, 0.2) is 0 Å². The van der Waals surface area contributed by atoms with E-state index in [1.54, 1.807) is 0 Å². The number of amides is 2. The first-order valence-electron chi connectivity index (χ1n) is 7.49. The minimum absolute atomic E-state index is 0. The Labute approximate surface area is 133 Å². The number of carbonyl (C=O) groups excluding carboxylic acids is 3. The van der Waals surface area contributed by atoms with Gasteiger partial charge in [-0.15, -0.1) is 0 Å². The van der Waals surface area contributed by atoms with Crippen LogP contribution in [0.25, 0.3) is 0 Å². The molecule has 5 heteroatoms. The first-order valence-corrected chi connectivity index (χ1v) is 7.49. The maximum absolute atomic E-state index is 11.3. The van der Waals surface area contributed by atoms with Gasteiger partial charge >= 0.3 is 0 Å². The summed E-state index contributed by atoms with van der Waals surface area (Å²) in [6, 6.07) is 0. The summed E-state index contributed by atoms with van der Waals surface area (Å²) in [5.41, 5.74) is -0.531. The minimum atomic E-state index is -0.585. The van der Waals surface area contributed by atoms with Gasteiger partial charge in [-0.3, -0.25) is 14.4 Å². The molecule has 2 N–H and O–H groups in total. The van der Waals surface area contributed by atoms with Crippen molar-refractivity contribution in [3.8, 4) is 0 Å². The Morgan fingerprint density at radius 1 is 1.00 bits per heavy atom. The Hall–Kier alpha value is -1.39. The second-order valence-corrected chi connectivity index (χ2v) is 6.84. The van der Waals surface area contributed by atoms with E-state index in [4.69, 9.17) is 0 Å². The van der Waals surface area contributed by atoms with E-state index in [0.29, 0.717) is 11.8 Å². The molecule has 2 aliphatic carbocycles. The average molecular weight is 310 g/mol. The van der Waals surface area contributed by atoms with Gasteiger partial charge in [-0.2, -0.15) is 0 Å². The third-order valence-electron chi connectivity index (χ3n) is 5.63. The van der Waals surface area contributed by atoms with Gasteiger partial charge in [-0.05, 0) is 44.4 Å². The zero-order chi connectivity index (χ0) is 14.5. The van der Waals surface area contributed by atoms with Gasteiger partial charge in [0.05, 0.1) is 0 Å². The highest BCUT2D eigenvalue weighted by Crippen LogP contribution is 2.57. The molecule has 2 saturated heterocycles. The minimum Gasteiger partial charge on any atom is -0.356 e. The molecule has 126 valence electrons. The summed E-state index contributed by atoms with van der Waals surface area (Å²) in [5.74, 6) is 1.35. The zero-order valence-corrected chi connectivity index (χ0v) is 12.1. The summed E-state index contributed by atoms with van der Waals surface area (Å²) in [6.45, 7) is 5.23. The number of fused-ring (bicyclic) bond motifs is 2. The lowest BCUT2D eigenvalue weighted by atomic mass is 9.94. The number of rotatable bonds is 1. The van der Waals surface area contributed by atoms with Crippen LogP contribution >= 0.6 is 0 Å². The van der Waals surface area contributed by atoms with Crippen molar-refractivity contribution >= 4 is 17.6 Å². The summed E-state index contributed by atoms with van der Waals surface area (Å²) in [4.78, 5) is 33.4. The van der Waals surface area contributed by atoms with E-state index in [2.05, 4.69) is 17.6 Å². The van der Waals surface area contributed by atoms with Crippen molar-refractivity contribution in [1.82, 2.24) is 10.6 Å². The number of hydrogen-bond donors (Lipinski definition) is 2. The van der Waals surface area contributed by atoms with Crippen molar-refractivity contribution in [3.05, 3.63) is 0 Å². The van der Waals surface area contributed by atoms with Gasteiger partial charge in [0.25, 0.3) is 0 Å². The van der Waals surface area contributed by atoms with Crippen LogP contribution < -0.4 is 10.6 Å². The maximum Gasteiger partial charge on any atom is 0.233 e. The topological polar surface area (TPSA) is 75.3 Å². The van der Waals surface area contributed by atoms with E-state index in [9.17, 15) is 14.4 Å². The monoisotopic (exact) mass is 310 g/mol. The molecule has 4 unspecified atom stereocenters. The van der Waals surface area contributed by atoms with E-state index in [0.717, 1.165) is 32.4 Å². The van der Waals surface area contributed by atoms with Gasteiger partial charge in [0.1, 0.15) is 11.2 Å². The second-order valence-electron chi connectivity index (χ2n) is 6.84. The normalized spacial score (nSPS) is 39.9. The van der Waals surface area contributed by atoms with Gasteiger partial charge in [0.2, 0.25) is 11.8 Å². The molecular formula is C17H30N2O3. The standard InChI is InChI=1S/C8H11NO2.C7H11NO.2CH4/c1-5(10)8-4-6(8)2-3-9-7(8)11;1-7-4-5(7)2-3-8-6(7)9;;/h6H,2-4H2,1H3,(H,9,11);5H,2-4H2,1H3,(H,8,9);2*1H4. The number of ketones is 1. The van der Waals surface area contributed by atoms with Crippen LogP contribution in [-0.4, -0.2) is 30.7 Å². The van der Waals surface area contributed by atoms with Gasteiger partial charge in [-0.25, -0.2) is 0 Å². The smallest absolute Gasteiger partial charge is 0.233 e. The Balaban J connectivity index is 0.000000205. The van der Waals surface area contributed by atoms with Crippen LogP contribution in [0.3, 0.4) is 0 Å². The van der Waals surface area contributed by atoms with E-state index in [1.807, 2.05) is 0 Å². The number of carbonyl (C=O) groups is 3. The van der Waals surface area contributed by atoms with Crippen LogP contribution in [0.1, 0.15) is 54.4 Å². The molecule has 2 aliphatic heterocycles. The van der Waals surface area contributed by atoms with Crippen molar-refractivity contribution < 1.29 is 14.4 Å². The quantitative estimate of drug-likeness (QED) is 0.726. The van der Waals surface area contributed by atoms with E-state index in [1.165, 1.54) is 13.3 Å². The largest absolute Gasteiger partial charge is 0.356 e. The van der Waals surface area contributed by atoms with Crippen LogP contribution in [0, 0.1) is 22.7 Å². The number of Topliss-reactive ketones (excluding diaryl/α,β-unsaturated/α-hetero) is 1. The van der Waals surface area contributed by atoms with Crippen LogP contribution in [0.2, 0.25) is 0 Å². The number of hydrogen-bond acceptors (Lipinski definition) is 3. The molecule has 0 aromatic heterocycles. The van der Waals surface area contributed by atoms with Gasteiger partial charge in [-0.1, -0.05) is 21.8 Å². The number of nitrogens with one attached hydrogen (secondary N) is 2. The van der Waals surface area contributed by atoms with Crippen molar-refractivity contribution in [2.24, 2.45) is 22.7 Å². The Morgan fingerprint density at radius 3 is 1.95 bits per heavy atom. The Morgan fingerprint density at radius 2 is 1.55 bits per heavy atom. The van der Waals surface area contributed by atoms with Crippen LogP contribution in [-0.2, 0) is 14.4 Å². The molecule has 0 radical (unpaired) electrons. The first-order chi connectivity index (χ1) is 9.41.